The highest BCUT2D eigenvalue weighted by Crippen LogP contribution is 2.44. The first kappa shape index (κ1) is 25.2. The second-order valence-electron chi connectivity index (χ2n) is 8.32. The zero-order chi connectivity index (χ0) is 25.0. The Morgan fingerprint density at radius 2 is 1.79 bits per heavy atom. The van der Waals surface area contributed by atoms with Crippen molar-refractivity contribution in [3.05, 3.63) is 42.2 Å². The van der Waals surface area contributed by atoms with Crippen LogP contribution in [0.2, 0.25) is 0 Å². The molecule has 0 bridgehead atoms. The minimum Gasteiger partial charge on any atom is -0.382 e. The van der Waals surface area contributed by atoms with Gasteiger partial charge in [-0.2, -0.15) is 0 Å². The molecule has 2 unspecified atom stereocenters. The molecule has 34 heavy (non-hydrogen) atoms. The smallest absolute Gasteiger partial charge is 0.327 e. The fourth-order valence-electron chi connectivity index (χ4n) is 3.82. The van der Waals surface area contributed by atoms with E-state index in [4.69, 9.17) is 10.5 Å². The molecule has 0 saturated heterocycles. The van der Waals surface area contributed by atoms with Gasteiger partial charge < -0.3 is 20.4 Å². The second kappa shape index (κ2) is 10.2. The van der Waals surface area contributed by atoms with Gasteiger partial charge in [-0.15, -0.1) is 0 Å². The topological polar surface area (TPSA) is 140 Å². The Morgan fingerprint density at radius 1 is 1.15 bits per heavy atom. The summed E-state index contributed by atoms with van der Waals surface area (Å²) in [5.74, 6) is 0.416. The molecule has 1 aliphatic rings. The van der Waals surface area contributed by atoms with E-state index in [9.17, 15) is 13.8 Å². The van der Waals surface area contributed by atoms with Crippen LogP contribution in [0, 0.1) is 4.78 Å². The van der Waals surface area contributed by atoms with Crippen LogP contribution in [0.5, 0.6) is 0 Å². The summed E-state index contributed by atoms with van der Waals surface area (Å²) in [5, 5.41) is 0. The SMILES string of the molecule is CCCS(=N)(=O)C1N(Cc2ccccc2)c2ncnc(N)c2N1C(=O)N(C)CCN(C)C(C)=O. The third kappa shape index (κ3) is 5.06. The number of nitrogens with two attached hydrogens (primary N) is 1. The van der Waals surface area contributed by atoms with E-state index < -0.39 is 21.3 Å². The van der Waals surface area contributed by atoms with Crippen molar-refractivity contribution in [2.24, 2.45) is 0 Å². The van der Waals surface area contributed by atoms with Gasteiger partial charge in [0.25, 0.3) is 0 Å². The largest absolute Gasteiger partial charge is 0.382 e. The van der Waals surface area contributed by atoms with Crippen molar-refractivity contribution in [2.75, 3.05) is 48.5 Å². The number of nitrogens with zero attached hydrogens (tertiary/aromatic N) is 6. The Morgan fingerprint density at radius 3 is 2.41 bits per heavy atom. The Balaban J connectivity index is 2.07. The first-order valence-corrected chi connectivity index (χ1v) is 12.8. The number of hydrogen-bond donors (Lipinski definition) is 2. The van der Waals surface area contributed by atoms with Crippen molar-refractivity contribution in [3.63, 3.8) is 0 Å². The lowest BCUT2D eigenvalue weighted by Crippen LogP contribution is -2.55. The molecular weight excluding hydrogens is 456 g/mol. The van der Waals surface area contributed by atoms with Gasteiger partial charge in [0.1, 0.15) is 12.0 Å². The standard InChI is InChI=1S/C22H32N8O3S/c1-5-13-34(24,33)22-29(14-17-9-7-6-8-10-17)20-18(19(23)25-15-26-20)30(22)21(32)28(4)12-11-27(3)16(2)31/h6-10,15,22,24H,5,11-14H2,1-4H3,(H2,23,25,26). The van der Waals surface area contributed by atoms with Crippen molar-refractivity contribution < 1.29 is 13.8 Å². The van der Waals surface area contributed by atoms with E-state index in [2.05, 4.69) is 9.97 Å². The first-order valence-electron chi connectivity index (χ1n) is 11.0. The van der Waals surface area contributed by atoms with Crippen LogP contribution in [0.15, 0.2) is 36.7 Å². The molecular formula is C22H32N8O3S. The van der Waals surface area contributed by atoms with Crippen molar-refractivity contribution in [2.45, 2.75) is 32.3 Å². The van der Waals surface area contributed by atoms with E-state index in [1.807, 2.05) is 37.3 Å². The maximum atomic E-state index is 13.7. The van der Waals surface area contributed by atoms with Gasteiger partial charge in [-0.1, -0.05) is 37.3 Å². The van der Waals surface area contributed by atoms with E-state index in [1.54, 1.807) is 19.0 Å². The molecule has 184 valence electrons. The number of rotatable bonds is 8. The highest BCUT2D eigenvalue weighted by molar-refractivity contribution is 7.93. The molecule has 3 N–H and O–H groups in total. The Bertz CT molecular complexity index is 1140. The summed E-state index contributed by atoms with van der Waals surface area (Å²) in [7, 11) is -0.0713. The highest BCUT2D eigenvalue weighted by atomic mass is 32.2. The molecule has 0 fully saturated rings. The van der Waals surface area contributed by atoms with Gasteiger partial charge in [0.15, 0.2) is 17.1 Å². The summed E-state index contributed by atoms with van der Waals surface area (Å²) in [5.41, 5.74) is 6.25. The van der Waals surface area contributed by atoms with Gasteiger partial charge >= 0.3 is 6.03 Å². The number of nitrogens with one attached hydrogen (secondary N) is 1. The van der Waals surface area contributed by atoms with Crippen LogP contribution < -0.4 is 15.5 Å². The summed E-state index contributed by atoms with van der Waals surface area (Å²) in [6.07, 6.45) is 1.81. The number of urea groups is 1. The number of fused-ring (bicyclic) bond motifs is 1. The summed E-state index contributed by atoms with van der Waals surface area (Å²) < 4.78 is 22.5. The summed E-state index contributed by atoms with van der Waals surface area (Å²) >= 11 is 0. The summed E-state index contributed by atoms with van der Waals surface area (Å²) in [4.78, 5) is 39.6. The van der Waals surface area contributed by atoms with E-state index in [0.717, 1.165) is 5.56 Å². The number of benzene rings is 1. The van der Waals surface area contributed by atoms with Crippen molar-refractivity contribution in [1.82, 2.24) is 19.8 Å². The molecule has 0 spiro atoms. The molecule has 2 atom stereocenters. The third-order valence-corrected chi connectivity index (χ3v) is 7.88. The average Bonchev–Trinajstić information content (AvgIpc) is 3.13. The number of carbonyl (C=O) groups excluding carboxylic acids is 2. The normalized spacial score (nSPS) is 16.6. The Hall–Kier alpha value is -3.41. The number of aromatic nitrogens is 2. The average molecular weight is 489 g/mol. The van der Waals surface area contributed by atoms with E-state index in [1.165, 1.54) is 28.0 Å². The molecule has 3 amide bonds. The van der Waals surface area contributed by atoms with Crippen LogP contribution in [0.4, 0.5) is 22.1 Å². The van der Waals surface area contributed by atoms with E-state index >= 15 is 0 Å². The Kier molecular flexibility index (Phi) is 7.60. The number of hydrogen-bond acceptors (Lipinski definition) is 8. The molecule has 1 aliphatic heterocycles. The number of anilines is 3. The molecule has 1 aromatic carbocycles. The second-order valence-corrected chi connectivity index (χ2v) is 10.6. The number of carbonyl (C=O) groups is 2. The van der Waals surface area contributed by atoms with Crippen LogP contribution in [0.25, 0.3) is 0 Å². The molecule has 3 rings (SSSR count). The van der Waals surface area contributed by atoms with Crippen LogP contribution in [0.1, 0.15) is 25.8 Å². The van der Waals surface area contributed by atoms with Crippen molar-refractivity contribution in [1.29, 1.82) is 4.78 Å². The predicted octanol–water partition coefficient (Wildman–Crippen LogP) is 2.16. The van der Waals surface area contributed by atoms with E-state index in [0.29, 0.717) is 18.8 Å². The van der Waals surface area contributed by atoms with Crippen LogP contribution in [-0.2, 0) is 21.1 Å². The van der Waals surface area contributed by atoms with Gasteiger partial charge in [-0.3, -0.25) is 9.69 Å². The molecule has 0 aliphatic carbocycles. The van der Waals surface area contributed by atoms with Crippen LogP contribution >= 0.6 is 0 Å². The zero-order valence-corrected chi connectivity index (χ0v) is 20.8. The highest BCUT2D eigenvalue weighted by Gasteiger charge is 2.48. The van der Waals surface area contributed by atoms with E-state index in [-0.39, 0.29) is 36.3 Å². The summed E-state index contributed by atoms with van der Waals surface area (Å²) in [6.45, 7) is 4.15. The lowest BCUT2D eigenvalue weighted by atomic mass is 10.2. The van der Waals surface area contributed by atoms with Crippen LogP contribution in [-0.4, -0.2) is 74.4 Å². The fraction of sp³-hybridized carbons (Fsp3) is 0.455. The maximum Gasteiger partial charge on any atom is 0.327 e. The van der Waals surface area contributed by atoms with Gasteiger partial charge in [-0.25, -0.2) is 23.8 Å². The van der Waals surface area contributed by atoms with Gasteiger partial charge in [-0.05, 0) is 12.0 Å². The lowest BCUT2D eigenvalue weighted by molar-refractivity contribution is -0.127. The number of likely N-dealkylation sites (N-methyl/N-ethyl adjacent to an activating group) is 2. The molecule has 1 aromatic heterocycles. The van der Waals surface area contributed by atoms with Crippen molar-refractivity contribution in [3.8, 4) is 0 Å². The minimum absolute atomic E-state index is 0.0693. The fourth-order valence-corrected chi connectivity index (χ4v) is 5.76. The van der Waals surface area contributed by atoms with Crippen molar-refractivity contribution >= 4 is 39.0 Å². The first-order chi connectivity index (χ1) is 16.1. The third-order valence-electron chi connectivity index (χ3n) is 5.72. The zero-order valence-electron chi connectivity index (χ0n) is 20.0. The predicted molar refractivity (Wildman–Crippen MR) is 133 cm³/mol. The van der Waals surface area contributed by atoms with Crippen LogP contribution in [0.3, 0.4) is 0 Å². The lowest BCUT2D eigenvalue weighted by Gasteiger charge is -2.34. The van der Waals surface area contributed by atoms with Gasteiger partial charge in [0, 0.05) is 46.4 Å². The molecule has 2 aromatic rings. The maximum absolute atomic E-state index is 13.7. The minimum atomic E-state index is -3.32. The Labute approximate surface area is 200 Å². The monoisotopic (exact) mass is 488 g/mol. The molecule has 2 heterocycles. The summed E-state index contributed by atoms with van der Waals surface area (Å²) in [6, 6.07) is 9.02. The number of nitrogen functional groups attached to an aromatic ring is 1. The quantitative estimate of drug-likeness (QED) is 0.580. The van der Waals surface area contributed by atoms with Gasteiger partial charge in [0.2, 0.25) is 5.91 Å². The molecule has 0 saturated carbocycles. The molecule has 0 radical (unpaired) electrons. The molecule has 11 nitrogen and oxygen atoms in total. The molecule has 12 heteroatoms. The number of amides is 3. The van der Waals surface area contributed by atoms with Gasteiger partial charge in [0.05, 0.1) is 9.73 Å².